The zero-order valence-electron chi connectivity index (χ0n) is 23.3. The Kier molecular flexibility index (Phi) is 9.25. The number of piperidine rings is 1. The fourth-order valence-electron chi connectivity index (χ4n) is 5.87. The molecular formula is C28H44N6O4. The largest absolute Gasteiger partial charge is 0.381 e. The van der Waals surface area contributed by atoms with E-state index >= 15 is 0 Å². The van der Waals surface area contributed by atoms with E-state index in [1.807, 2.05) is 14.0 Å². The number of carbonyl (C=O) groups excluding carboxylic acids is 3. The quantitative estimate of drug-likeness (QED) is 0.504. The van der Waals surface area contributed by atoms with Crippen LogP contribution < -0.4 is 16.0 Å². The first-order chi connectivity index (χ1) is 18.1. The van der Waals surface area contributed by atoms with Gasteiger partial charge >= 0.3 is 0 Å². The van der Waals surface area contributed by atoms with Crippen LogP contribution in [0.15, 0.2) is 18.3 Å². The fourth-order valence-corrected chi connectivity index (χ4v) is 5.87. The molecule has 1 spiro atoms. The van der Waals surface area contributed by atoms with E-state index in [4.69, 9.17) is 4.74 Å². The van der Waals surface area contributed by atoms with Gasteiger partial charge < -0.3 is 20.7 Å². The minimum Gasteiger partial charge on any atom is -0.381 e. The number of aryl methyl sites for hydroxylation is 2. The molecule has 3 amide bonds. The number of allylic oxidation sites excluding steroid dienone is 2. The van der Waals surface area contributed by atoms with Gasteiger partial charge in [0.15, 0.2) is 0 Å². The van der Waals surface area contributed by atoms with E-state index in [0.717, 1.165) is 24.2 Å². The van der Waals surface area contributed by atoms with Gasteiger partial charge in [0.25, 0.3) is 0 Å². The second kappa shape index (κ2) is 12.4. The van der Waals surface area contributed by atoms with Gasteiger partial charge in [0.1, 0.15) is 6.04 Å². The van der Waals surface area contributed by atoms with E-state index in [0.29, 0.717) is 52.0 Å². The Hall–Kier alpha value is -2.72. The molecule has 0 aliphatic carbocycles. The number of fused-ring (bicyclic) bond motifs is 1. The van der Waals surface area contributed by atoms with Gasteiger partial charge in [0, 0.05) is 31.8 Å². The molecule has 3 aliphatic heterocycles. The highest BCUT2D eigenvalue weighted by Gasteiger charge is 2.42. The van der Waals surface area contributed by atoms with Crippen LogP contribution >= 0.6 is 0 Å². The maximum atomic E-state index is 13.8. The van der Waals surface area contributed by atoms with Crippen molar-refractivity contribution in [3.63, 3.8) is 0 Å². The number of hydrogen-bond donors (Lipinski definition) is 3. The summed E-state index contributed by atoms with van der Waals surface area (Å²) in [6.45, 7) is 8.83. The topological polar surface area (TPSA) is 118 Å². The Morgan fingerprint density at radius 1 is 1.24 bits per heavy atom. The molecule has 38 heavy (non-hydrogen) atoms. The van der Waals surface area contributed by atoms with Gasteiger partial charge in [-0.25, -0.2) is 0 Å². The van der Waals surface area contributed by atoms with Crippen molar-refractivity contribution in [3.05, 3.63) is 24.0 Å². The number of nitrogens with one attached hydrogen (secondary N) is 3. The first-order valence-electron chi connectivity index (χ1n) is 14.0. The van der Waals surface area contributed by atoms with Crippen LogP contribution in [0.1, 0.15) is 58.1 Å². The van der Waals surface area contributed by atoms with Crippen LogP contribution in [0.5, 0.6) is 0 Å². The highest BCUT2D eigenvalue weighted by atomic mass is 16.5. The number of rotatable bonds is 5. The molecule has 1 aromatic rings. The molecule has 1 aromatic heterocycles. The van der Waals surface area contributed by atoms with Crippen LogP contribution in [-0.2, 0) is 26.2 Å². The monoisotopic (exact) mass is 528 g/mol. The molecule has 2 fully saturated rings. The fraction of sp³-hybridized carbons (Fsp3) is 0.714. The lowest BCUT2D eigenvalue weighted by molar-refractivity contribution is -0.138. The molecule has 4 rings (SSSR count). The Bertz CT molecular complexity index is 1030. The van der Waals surface area contributed by atoms with E-state index in [1.165, 1.54) is 0 Å². The average molecular weight is 529 g/mol. The van der Waals surface area contributed by atoms with Gasteiger partial charge in [0.05, 0.1) is 29.9 Å². The van der Waals surface area contributed by atoms with Gasteiger partial charge in [0.2, 0.25) is 17.7 Å². The number of hydrogen-bond acceptors (Lipinski definition) is 6. The normalized spacial score (nSPS) is 27.6. The summed E-state index contributed by atoms with van der Waals surface area (Å²) >= 11 is 0. The third-order valence-electron chi connectivity index (χ3n) is 8.19. The molecule has 0 aromatic carbocycles. The molecule has 3 atom stereocenters. The van der Waals surface area contributed by atoms with Crippen LogP contribution in [0, 0.1) is 24.2 Å². The second-order valence-electron chi connectivity index (χ2n) is 11.7. The van der Waals surface area contributed by atoms with Gasteiger partial charge in [-0.1, -0.05) is 26.0 Å². The lowest BCUT2D eigenvalue weighted by Crippen LogP contribution is -2.57. The number of nitrogens with zero attached hydrogens (tertiary/aromatic N) is 3. The molecular weight excluding hydrogens is 484 g/mol. The van der Waals surface area contributed by atoms with Crippen LogP contribution in [0.4, 0.5) is 5.69 Å². The average Bonchev–Trinajstić information content (AvgIpc) is 3.18. The first-order valence-corrected chi connectivity index (χ1v) is 14.0. The van der Waals surface area contributed by atoms with Crippen LogP contribution in [0.3, 0.4) is 0 Å². The molecule has 10 nitrogen and oxygen atoms in total. The number of likely N-dealkylation sites (tertiary alicyclic amines) is 1. The molecule has 210 valence electrons. The highest BCUT2D eigenvalue weighted by molar-refractivity contribution is 5.93. The van der Waals surface area contributed by atoms with Crippen molar-refractivity contribution < 1.29 is 19.1 Å². The van der Waals surface area contributed by atoms with Crippen molar-refractivity contribution in [2.45, 2.75) is 71.4 Å². The minimum absolute atomic E-state index is 0.0536. The Morgan fingerprint density at radius 3 is 2.68 bits per heavy atom. The third-order valence-corrected chi connectivity index (χ3v) is 8.19. The molecule has 0 radical (unpaired) electrons. The van der Waals surface area contributed by atoms with E-state index < -0.39 is 11.5 Å². The Balaban J connectivity index is 1.44. The van der Waals surface area contributed by atoms with Crippen LogP contribution in [0.2, 0.25) is 0 Å². The molecule has 3 aliphatic rings. The molecule has 2 saturated heterocycles. The third kappa shape index (κ3) is 7.02. The molecule has 3 N–H and O–H groups in total. The van der Waals surface area contributed by atoms with Gasteiger partial charge in [-0.15, -0.1) is 0 Å². The molecule has 0 saturated carbocycles. The first kappa shape index (κ1) is 28.3. The molecule has 0 unspecified atom stereocenters. The number of carbonyl (C=O) groups is 3. The zero-order valence-corrected chi connectivity index (χ0v) is 23.3. The van der Waals surface area contributed by atoms with Gasteiger partial charge in [-0.2, -0.15) is 5.10 Å². The van der Waals surface area contributed by atoms with E-state index in [9.17, 15) is 14.4 Å². The second-order valence-corrected chi connectivity index (χ2v) is 11.7. The molecule has 10 heteroatoms. The Labute approximate surface area is 225 Å². The van der Waals surface area contributed by atoms with Crippen molar-refractivity contribution >= 4 is 23.4 Å². The van der Waals surface area contributed by atoms with Gasteiger partial charge in [-0.3, -0.25) is 24.0 Å². The number of amides is 3. The molecule has 4 heterocycles. The predicted octanol–water partition coefficient (Wildman–Crippen LogP) is 2.15. The molecule has 0 bridgehead atoms. The van der Waals surface area contributed by atoms with Crippen molar-refractivity contribution in [1.82, 2.24) is 25.3 Å². The standard InChI is InChI=1S/C28H44N6O4/c1-19(2)15-23-26(36)30-22-8-14-38-18-21(22)7-5-6-9-28(27(37)31-23)10-12-34(13-11-28)17-25(35)29-24-16-33(4)32-20(24)3/h5-6,16,19,21-23H,7-15,17-18H2,1-4H3,(H,29,35)(H,30,36)(H,31,37)/b6-5-/t21-,22+,23-/m1/s1. The number of ether oxygens (including phenoxy) is 1. The Morgan fingerprint density at radius 2 is 2.00 bits per heavy atom. The number of aromatic nitrogens is 2. The smallest absolute Gasteiger partial charge is 0.242 e. The van der Waals surface area contributed by atoms with E-state index in [1.54, 1.807) is 10.9 Å². The summed E-state index contributed by atoms with van der Waals surface area (Å²) in [6.07, 6.45) is 10.2. The maximum Gasteiger partial charge on any atom is 0.242 e. The summed E-state index contributed by atoms with van der Waals surface area (Å²) < 4.78 is 7.39. The van der Waals surface area contributed by atoms with E-state index in [2.05, 4.69) is 51.9 Å². The summed E-state index contributed by atoms with van der Waals surface area (Å²) in [5.41, 5.74) is 0.900. The van der Waals surface area contributed by atoms with E-state index in [-0.39, 0.29) is 42.1 Å². The van der Waals surface area contributed by atoms with Gasteiger partial charge in [-0.05, 0) is 64.5 Å². The predicted molar refractivity (Wildman–Crippen MR) is 145 cm³/mol. The summed E-state index contributed by atoms with van der Waals surface area (Å²) in [5, 5.41) is 13.6. The SMILES string of the molecule is Cc1nn(C)cc1NC(=O)CN1CCC2(C/C=C\C[C@@H]3COCC[C@@H]3NC(=O)[C@@H](CC(C)C)NC2=O)CC1. The number of anilines is 1. The summed E-state index contributed by atoms with van der Waals surface area (Å²) in [4.78, 5) is 41.9. The summed E-state index contributed by atoms with van der Waals surface area (Å²) in [7, 11) is 1.83. The summed E-state index contributed by atoms with van der Waals surface area (Å²) in [6, 6.07) is -0.497. The lowest BCUT2D eigenvalue weighted by Gasteiger charge is -2.41. The summed E-state index contributed by atoms with van der Waals surface area (Å²) in [5.74, 6) is 0.270. The van der Waals surface area contributed by atoms with Crippen molar-refractivity contribution in [1.29, 1.82) is 0 Å². The highest BCUT2D eigenvalue weighted by Crippen LogP contribution is 2.37. The lowest BCUT2D eigenvalue weighted by atomic mass is 9.74. The van der Waals surface area contributed by atoms with Crippen LogP contribution in [-0.4, -0.2) is 77.3 Å². The minimum atomic E-state index is -0.597. The van der Waals surface area contributed by atoms with Crippen molar-refractivity contribution in [3.8, 4) is 0 Å². The van der Waals surface area contributed by atoms with Crippen LogP contribution in [0.25, 0.3) is 0 Å². The van der Waals surface area contributed by atoms with Crippen molar-refractivity contribution in [2.24, 2.45) is 24.3 Å². The zero-order chi connectivity index (χ0) is 27.3. The van der Waals surface area contributed by atoms with Crippen molar-refractivity contribution in [2.75, 3.05) is 38.2 Å². The maximum absolute atomic E-state index is 13.8.